The van der Waals surface area contributed by atoms with Crippen molar-refractivity contribution in [3.8, 4) is 0 Å². The van der Waals surface area contributed by atoms with Gasteiger partial charge in [0.15, 0.2) is 0 Å². The van der Waals surface area contributed by atoms with E-state index >= 15 is 0 Å². The van der Waals surface area contributed by atoms with Crippen LogP contribution in [0, 0.1) is 13.8 Å². The van der Waals surface area contributed by atoms with Gasteiger partial charge in [0.25, 0.3) is 0 Å². The maximum atomic E-state index is 12.1. The van der Waals surface area contributed by atoms with E-state index in [1.807, 2.05) is 29.2 Å². The van der Waals surface area contributed by atoms with Gasteiger partial charge in [-0.1, -0.05) is 18.2 Å². The van der Waals surface area contributed by atoms with Crippen molar-refractivity contribution in [3.05, 3.63) is 59.2 Å². The maximum absolute atomic E-state index is 12.1. The molecule has 1 heterocycles. The van der Waals surface area contributed by atoms with Crippen molar-refractivity contribution in [2.75, 3.05) is 17.2 Å². The third-order valence-electron chi connectivity index (χ3n) is 4.89. The number of carbonyl (C=O) groups excluding carboxylic acids is 2. The number of benzene rings is 2. The van der Waals surface area contributed by atoms with Gasteiger partial charge >= 0.3 is 0 Å². The molecule has 27 heavy (non-hydrogen) atoms. The Labute approximate surface area is 165 Å². The van der Waals surface area contributed by atoms with Crippen LogP contribution in [0.3, 0.4) is 0 Å². The quantitative estimate of drug-likeness (QED) is 0.729. The number of hydrogen-bond acceptors (Lipinski definition) is 3. The van der Waals surface area contributed by atoms with E-state index < -0.39 is 0 Å². The molecule has 2 aromatic carbocycles. The summed E-state index contributed by atoms with van der Waals surface area (Å²) in [5, 5.41) is 2.97. The first-order valence-corrected chi connectivity index (χ1v) is 10.4. The molecule has 3 rings (SSSR count). The Balaban J connectivity index is 1.41. The minimum absolute atomic E-state index is 0.0603. The van der Waals surface area contributed by atoms with Crippen molar-refractivity contribution >= 4 is 29.3 Å². The van der Waals surface area contributed by atoms with Crippen LogP contribution >= 0.6 is 11.8 Å². The lowest BCUT2D eigenvalue weighted by molar-refractivity contribution is -0.121. The molecule has 4 nitrogen and oxygen atoms in total. The van der Waals surface area contributed by atoms with E-state index in [4.69, 9.17) is 0 Å². The third kappa shape index (κ3) is 5.36. The van der Waals surface area contributed by atoms with Crippen molar-refractivity contribution in [2.45, 2.75) is 44.6 Å². The van der Waals surface area contributed by atoms with Gasteiger partial charge in [-0.05, 0) is 61.2 Å². The van der Waals surface area contributed by atoms with E-state index in [-0.39, 0.29) is 11.8 Å². The Kier molecular flexibility index (Phi) is 6.56. The Morgan fingerprint density at radius 1 is 1.11 bits per heavy atom. The Morgan fingerprint density at radius 2 is 1.89 bits per heavy atom. The highest BCUT2D eigenvalue weighted by atomic mass is 32.2. The van der Waals surface area contributed by atoms with Crippen molar-refractivity contribution in [2.24, 2.45) is 0 Å². The number of aryl methyl sites for hydroxylation is 2. The summed E-state index contributed by atoms with van der Waals surface area (Å²) in [5.74, 6) is 1.02. The summed E-state index contributed by atoms with van der Waals surface area (Å²) in [6.07, 6.45) is 2.06. The number of nitrogens with one attached hydrogen (secondary N) is 1. The lowest BCUT2D eigenvalue weighted by atomic mass is 10.1. The Bertz CT molecular complexity index is 818. The van der Waals surface area contributed by atoms with Crippen LogP contribution in [-0.4, -0.2) is 24.1 Å². The molecule has 1 saturated heterocycles. The SMILES string of the molecule is Cc1ccc(SCCC(=O)NCc2ccc(N3CCCC3=O)cc2)cc1C. The van der Waals surface area contributed by atoms with Crippen molar-refractivity contribution in [1.82, 2.24) is 5.32 Å². The van der Waals surface area contributed by atoms with Crippen molar-refractivity contribution in [1.29, 1.82) is 0 Å². The van der Waals surface area contributed by atoms with E-state index in [1.54, 1.807) is 11.8 Å². The molecule has 0 unspecified atom stereocenters. The summed E-state index contributed by atoms with van der Waals surface area (Å²) in [4.78, 5) is 26.9. The smallest absolute Gasteiger partial charge is 0.227 e. The highest BCUT2D eigenvalue weighted by Crippen LogP contribution is 2.22. The second kappa shape index (κ2) is 9.09. The van der Waals surface area contributed by atoms with Gasteiger partial charge in [-0.3, -0.25) is 9.59 Å². The van der Waals surface area contributed by atoms with Crippen LogP contribution in [0.2, 0.25) is 0 Å². The molecular formula is C22H26N2O2S. The number of nitrogens with zero attached hydrogens (tertiary/aromatic N) is 1. The summed E-state index contributed by atoms with van der Waals surface area (Å²) in [6, 6.07) is 14.3. The van der Waals surface area contributed by atoms with Crippen LogP contribution in [0.4, 0.5) is 5.69 Å². The fourth-order valence-corrected chi connectivity index (χ4v) is 4.02. The molecule has 0 saturated carbocycles. The lowest BCUT2D eigenvalue weighted by Crippen LogP contribution is -2.24. The van der Waals surface area contributed by atoms with Gasteiger partial charge in [0.05, 0.1) is 0 Å². The van der Waals surface area contributed by atoms with Gasteiger partial charge in [0.2, 0.25) is 11.8 Å². The Morgan fingerprint density at radius 3 is 2.56 bits per heavy atom. The number of anilines is 1. The molecule has 1 fully saturated rings. The fourth-order valence-electron chi connectivity index (χ4n) is 3.07. The van der Waals surface area contributed by atoms with Crippen molar-refractivity contribution < 1.29 is 9.59 Å². The first-order valence-electron chi connectivity index (χ1n) is 9.39. The predicted octanol–water partition coefficient (Wildman–Crippen LogP) is 4.23. The largest absolute Gasteiger partial charge is 0.352 e. The number of amides is 2. The van der Waals surface area contributed by atoms with Gasteiger partial charge in [0, 0.05) is 42.3 Å². The molecule has 2 aromatic rings. The molecular weight excluding hydrogens is 356 g/mol. The number of hydrogen-bond donors (Lipinski definition) is 1. The van der Waals surface area contributed by atoms with Gasteiger partial charge in [-0.25, -0.2) is 0 Å². The topological polar surface area (TPSA) is 49.4 Å². The minimum Gasteiger partial charge on any atom is -0.352 e. The van der Waals surface area contributed by atoms with Crippen molar-refractivity contribution in [3.63, 3.8) is 0 Å². The molecule has 0 bridgehead atoms. The highest BCUT2D eigenvalue weighted by molar-refractivity contribution is 7.99. The summed E-state index contributed by atoms with van der Waals surface area (Å²) in [7, 11) is 0. The maximum Gasteiger partial charge on any atom is 0.227 e. The molecule has 1 N–H and O–H groups in total. The van der Waals surface area contributed by atoms with Crippen LogP contribution in [0.25, 0.3) is 0 Å². The first kappa shape index (κ1) is 19.5. The average molecular weight is 383 g/mol. The lowest BCUT2D eigenvalue weighted by Gasteiger charge is -2.16. The van der Waals surface area contributed by atoms with E-state index in [1.165, 1.54) is 16.0 Å². The monoisotopic (exact) mass is 382 g/mol. The molecule has 142 valence electrons. The molecule has 0 aromatic heterocycles. The van der Waals surface area contributed by atoms with E-state index in [9.17, 15) is 9.59 Å². The van der Waals surface area contributed by atoms with E-state index in [2.05, 4.69) is 37.4 Å². The number of carbonyl (C=O) groups is 2. The number of rotatable bonds is 7. The second-order valence-electron chi connectivity index (χ2n) is 6.94. The van der Waals surface area contributed by atoms with Gasteiger partial charge in [-0.2, -0.15) is 0 Å². The van der Waals surface area contributed by atoms with Crippen LogP contribution in [0.1, 0.15) is 36.0 Å². The van der Waals surface area contributed by atoms with Crippen LogP contribution in [-0.2, 0) is 16.1 Å². The fraction of sp³-hybridized carbons (Fsp3) is 0.364. The number of thioether (sulfide) groups is 1. The first-order chi connectivity index (χ1) is 13.0. The predicted molar refractivity (Wildman–Crippen MR) is 111 cm³/mol. The molecule has 0 atom stereocenters. The van der Waals surface area contributed by atoms with E-state index in [0.717, 1.165) is 30.0 Å². The normalized spacial score (nSPS) is 13.9. The highest BCUT2D eigenvalue weighted by Gasteiger charge is 2.21. The second-order valence-corrected chi connectivity index (χ2v) is 8.10. The van der Waals surface area contributed by atoms with E-state index in [0.29, 0.717) is 19.4 Å². The standard InChI is InChI=1S/C22H26N2O2S/c1-16-5-10-20(14-17(16)2)27-13-11-21(25)23-15-18-6-8-19(9-7-18)24-12-3-4-22(24)26/h5-10,14H,3-4,11-13,15H2,1-2H3,(H,23,25). The zero-order valence-electron chi connectivity index (χ0n) is 16.0. The zero-order chi connectivity index (χ0) is 19.2. The van der Waals surface area contributed by atoms with Gasteiger partial charge in [0.1, 0.15) is 0 Å². The van der Waals surface area contributed by atoms with Crippen LogP contribution in [0.5, 0.6) is 0 Å². The molecule has 0 spiro atoms. The Hall–Kier alpha value is -2.27. The third-order valence-corrected chi connectivity index (χ3v) is 5.88. The van der Waals surface area contributed by atoms with Crippen LogP contribution < -0.4 is 10.2 Å². The molecule has 0 radical (unpaired) electrons. The molecule has 1 aliphatic heterocycles. The average Bonchev–Trinajstić information content (AvgIpc) is 3.09. The summed E-state index contributed by atoms with van der Waals surface area (Å²) < 4.78 is 0. The summed E-state index contributed by atoms with van der Waals surface area (Å²) in [6.45, 7) is 5.53. The molecule has 5 heteroatoms. The zero-order valence-corrected chi connectivity index (χ0v) is 16.8. The minimum atomic E-state index is 0.0603. The molecule has 0 aliphatic carbocycles. The summed E-state index contributed by atoms with van der Waals surface area (Å²) in [5.41, 5.74) is 4.55. The van der Waals surface area contributed by atoms with Gasteiger partial charge in [-0.15, -0.1) is 11.8 Å². The van der Waals surface area contributed by atoms with Crippen LogP contribution in [0.15, 0.2) is 47.4 Å². The van der Waals surface area contributed by atoms with Gasteiger partial charge < -0.3 is 10.2 Å². The molecule has 1 aliphatic rings. The summed E-state index contributed by atoms with van der Waals surface area (Å²) >= 11 is 1.71. The molecule has 2 amide bonds.